The molecule has 0 bridgehead atoms. The van der Waals surface area contributed by atoms with E-state index < -0.39 is 6.04 Å². The highest BCUT2D eigenvalue weighted by molar-refractivity contribution is 6.01. The van der Waals surface area contributed by atoms with Gasteiger partial charge in [0, 0.05) is 28.8 Å². The van der Waals surface area contributed by atoms with Crippen molar-refractivity contribution in [3.8, 4) is 5.75 Å². The third kappa shape index (κ3) is 6.58. The van der Waals surface area contributed by atoms with Crippen LogP contribution in [0.5, 0.6) is 5.75 Å². The van der Waals surface area contributed by atoms with E-state index in [0.29, 0.717) is 31.1 Å². The van der Waals surface area contributed by atoms with Crippen molar-refractivity contribution in [3.63, 3.8) is 0 Å². The Bertz CT molecular complexity index is 1460. The number of carbonyl (C=O) groups excluding carboxylic acids is 2. The van der Waals surface area contributed by atoms with Gasteiger partial charge in [-0.05, 0) is 63.5 Å². The summed E-state index contributed by atoms with van der Waals surface area (Å²) in [6.45, 7) is 8.65. The van der Waals surface area contributed by atoms with Crippen molar-refractivity contribution >= 4 is 28.9 Å². The summed E-state index contributed by atoms with van der Waals surface area (Å²) in [5.74, 6) is 0.254. The zero-order valence-corrected chi connectivity index (χ0v) is 23.1. The van der Waals surface area contributed by atoms with Gasteiger partial charge in [0.25, 0.3) is 0 Å². The fourth-order valence-corrected chi connectivity index (χ4v) is 4.77. The van der Waals surface area contributed by atoms with Crippen LogP contribution in [0.2, 0.25) is 0 Å². The molecule has 6 heteroatoms. The molecular formula is C33H36N2O4. The molecule has 39 heavy (non-hydrogen) atoms. The summed E-state index contributed by atoms with van der Waals surface area (Å²) in [5, 5.41) is 3.95. The van der Waals surface area contributed by atoms with Crippen LogP contribution in [0.15, 0.2) is 84.4 Å². The minimum Gasteiger partial charge on any atom is -0.488 e. The summed E-state index contributed by atoms with van der Waals surface area (Å²) in [6.07, 6.45) is 2.59. The molecule has 0 spiro atoms. The predicted octanol–water partition coefficient (Wildman–Crippen LogP) is 6.42. The van der Waals surface area contributed by atoms with Crippen LogP contribution in [-0.2, 0) is 27.4 Å². The molecule has 1 unspecified atom stereocenters. The maximum absolute atomic E-state index is 13.3. The SMILES string of the molecule is CCOC(=O)C(C)=Cc1c(C)n(C(C)C(=O)NCCc2ccccc2)c2cccc(OCc3ccccc3)c12. The van der Waals surface area contributed by atoms with Crippen molar-refractivity contribution in [1.82, 2.24) is 9.88 Å². The van der Waals surface area contributed by atoms with E-state index in [4.69, 9.17) is 9.47 Å². The fourth-order valence-electron chi connectivity index (χ4n) is 4.77. The lowest BCUT2D eigenvalue weighted by molar-refractivity contribution is -0.138. The van der Waals surface area contributed by atoms with Crippen LogP contribution in [-0.4, -0.2) is 29.6 Å². The third-order valence-electron chi connectivity index (χ3n) is 6.80. The number of esters is 1. The molecule has 4 rings (SSSR count). The van der Waals surface area contributed by atoms with E-state index in [2.05, 4.69) is 17.4 Å². The molecule has 0 fully saturated rings. The van der Waals surface area contributed by atoms with Gasteiger partial charge in [-0.1, -0.05) is 66.7 Å². The lowest BCUT2D eigenvalue weighted by Crippen LogP contribution is -2.32. The molecule has 0 aliphatic rings. The lowest BCUT2D eigenvalue weighted by atomic mass is 10.1. The highest BCUT2D eigenvalue weighted by atomic mass is 16.5. The predicted molar refractivity (Wildman–Crippen MR) is 156 cm³/mol. The average molecular weight is 525 g/mol. The van der Waals surface area contributed by atoms with Gasteiger partial charge < -0.3 is 19.4 Å². The van der Waals surface area contributed by atoms with Crippen molar-refractivity contribution in [2.75, 3.05) is 13.2 Å². The van der Waals surface area contributed by atoms with Gasteiger partial charge in [-0.2, -0.15) is 0 Å². The topological polar surface area (TPSA) is 69.6 Å². The summed E-state index contributed by atoms with van der Waals surface area (Å²) in [5.41, 5.74) is 5.29. The van der Waals surface area contributed by atoms with Crippen molar-refractivity contribution < 1.29 is 19.1 Å². The first kappa shape index (κ1) is 27.7. The monoisotopic (exact) mass is 524 g/mol. The van der Waals surface area contributed by atoms with Gasteiger partial charge in [0.05, 0.1) is 12.1 Å². The average Bonchev–Trinajstić information content (AvgIpc) is 3.23. The molecule has 0 saturated carbocycles. The van der Waals surface area contributed by atoms with E-state index in [1.54, 1.807) is 13.8 Å². The minimum atomic E-state index is -0.474. The summed E-state index contributed by atoms with van der Waals surface area (Å²) in [6, 6.07) is 25.4. The van der Waals surface area contributed by atoms with Crippen LogP contribution in [0.25, 0.3) is 17.0 Å². The van der Waals surface area contributed by atoms with E-state index in [0.717, 1.165) is 34.1 Å². The molecule has 202 valence electrons. The number of ether oxygens (including phenoxy) is 2. The van der Waals surface area contributed by atoms with Crippen LogP contribution in [0, 0.1) is 6.92 Å². The van der Waals surface area contributed by atoms with Gasteiger partial charge in [0.1, 0.15) is 18.4 Å². The molecule has 0 saturated heterocycles. The van der Waals surface area contributed by atoms with Gasteiger partial charge in [-0.3, -0.25) is 4.79 Å². The Labute approximate surface area is 230 Å². The molecule has 4 aromatic rings. The Kier molecular flexibility index (Phi) is 9.21. The first-order valence-electron chi connectivity index (χ1n) is 13.4. The van der Waals surface area contributed by atoms with Gasteiger partial charge in [0.15, 0.2) is 0 Å². The Morgan fingerprint density at radius 3 is 2.28 bits per heavy atom. The van der Waals surface area contributed by atoms with Crippen molar-refractivity contribution in [2.24, 2.45) is 0 Å². The number of nitrogens with zero attached hydrogens (tertiary/aromatic N) is 1. The first-order chi connectivity index (χ1) is 18.9. The molecule has 1 atom stereocenters. The summed E-state index contributed by atoms with van der Waals surface area (Å²) >= 11 is 0. The quantitative estimate of drug-likeness (QED) is 0.182. The second-order valence-corrected chi connectivity index (χ2v) is 9.54. The van der Waals surface area contributed by atoms with Crippen molar-refractivity contribution in [3.05, 3.63) is 107 Å². The Hall–Kier alpha value is -4.32. The number of hydrogen-bond acceptors (Lipinski definition) is 4. The molecule has 6 nitrogen and oxygen atoms in total. The number of carbonyl (C=O) groups is 2. The van der Waals surface area contributed by atoms with Crippen LogP contribution in [0.4, 0.5) is 0 Å². The standard InChI is InChI=1S/C33H36N2O4/c1-5-38-33(37)23(2)21-28-24(3)35(25(4)32(36)34-20-19-26-13-8-6-9-14-26)29-17-12-18-30(31(28)29)39-22-27-15-10-7-11-16-27/h6-18,21,25H,5,19-20,22H2,1-4H3,(H,34,36). The molecule has 1 aromatic heterocycles. The largest absolute Gasteiger partial charge is 0.488 e. The van der Waals surface area contributed by atoms with Gasteiger partial charge in [-0.15, -0.1) is 0 Å². The summed E-state index contributed by atoms with van der Waals surface area (Å²) in [7, 11) is 0. The molecule has 0 radical (unpaired) electrons. The summed E-state index contributed by atoms with van der Waals surface area (Å²) < 4.78 is 13.5. The summed E-state index contributed by atoms with van der Waals surface area (Å²) in [4.78, 5) is 25.8. The highest BCUT2D eigenvalue weighted by Crippen LogP contribution is 2.37. The third-order valence-corrected chi connectivity index (χ3v) is 6.80. The number of aromatic nitrogens is 1. The van der Waals surface area contributed by atoms with Gasteiger partial charge in [-0.25, -0.2) is 4.79 Å². The fraction of sp³-hybridized carbons (Fsp3) is 0.273. The molecule has 1 amide bonds. The van der Waals surface area contributed by atoms with Gasteiger partial charge in [0.2, 0.25) is 5.91 Å². The van der Waals surface area contributed by atoms with Crippen LogP contribution in [0.1, 0.15) is 49.2 Å². The normalized spacial score (nSPS) is 12.3. The maximum atomic E-state index is 13.3. The second kappa shape index (κ2) is 13.0. The molecule has 3 aromatic carbocycles. The number of hydrogen-bond donors (Lipinski definition) is 1. The minimum absolute atomic E-state index is 0.0702. The zero-order valence-electron chi connectivity index (χ0n) is 23.1. The Morgan fingerprint density at radius 2 is 1.62 bits per heavy atom. The van der Waals surface area contributed by atoms with Gasteiger partial charge >= 0.3 is 5.97 Å². The first-order valence-corrected chi connectivity index (χ1v) is 13.4. The number of nitrogens with one attached hydrogen (secondary N) is 1. The Balaban J connectivity index is 1.69. The van der Waals surface area contributed by atoms with E-state index in [1.807, 2.05) is 91.2 Å². The maximum Gasteiger partial charge on any atom is 0.333 e. The number of fused-ring (bicyclic) bond motifs is 1. The van der Waals surface area contributed by atoms with Crippen LogP contribution in [0.3, 0.4) is 0 Å². The van der Waals surface area contributed by atoms with E-state index in [-0.39, 0.29) is 11.9 Å². The number of benzene rings is 3. The molecule has 1 N–H and O–H groups in total. The highest BCUT2D eigenvalue weighted by Gasteiger charge is 2.24. The van der Waals surface area contributed by atoms with E-state index in [1.165, 1.54) is 5.56 Å². The van der Waals surface area contributed by atoms with Crippen molar-refractivity contribution in [1.29, 1.82) is 0 Å². The molecule has 0 aliphatic carbocycles. The lowest BCUT2D eigenvalue weighted by Gasteiger charge is -2.18. The Morgan fingerprint density at radius 1 is 0.949 bits per heavy atom. The smallest absolute Gasteiger partial charge is 0.333 e. The zero-order chi connectivity index (χ0) is 27.8. The molecule has 1 heterocycles. The second-order valence-electron chi connectivity index (χ2n) is 9.54. The van der Waals surface area contributed by atoms with E-state index in [9.17, 15) is 9.59 Å². The van der Waals surface area contributed by atoms with E-state index >= 15 is 0 Å². The van der Waals surface area contributed by atoms with Crippen LogP contribution >= 0.6 is 0 Å². The number of amides is 1. The molecule has 0 aliphatic heterocycles. The van der Waals surface area contributed by atoms with Crippen LogP contribution < -0.4 is 10.1 Å². The molecular weight excluding hydrogens is 488 g/mol. The van der Waals surface area contributed by atoms with Crippen molar-refractivity contribution in [2.45, 2.75) is 46.8 Å². The number of rotatable bonds is 11.